The Morgan fingerprint density at radius 3 is 2.47 bits per heavy atom. The number of ether oxygens (including phenoxy) is 3. The van der Waals surface area contributed by atoms with E-state index in [2.05, 4.69) is 29.3 Å². The van der Waals surface area contributed by atoms with Gasteiger partial charge in [0.05, 0.1) is 26.3 Å². The zero-order valence-corrected chi connectivity index (χ0v) is 17.5. The highest BCUT2D eigenvalue weighted by Gasteiger charge is 2.15. The Bertz CT molecular complexity index is 983. The molecule has 30 heavy (non-hydrogen) atoms. The fourth-order valence-corrected chi connectivity index (χ4v) is 2.74. The van der Waals surface area contributed by atoms with Gasteiger partial charge in [-0.25, -0.2) is 0 Å². The number of amides is 1. The number of nitrogens with zero attached hydrogens (tertiary/aromatic N) is 2. The first-order valence-electron chi connectivity index (χ1n) is 9.54. The van der Waals surface area contributed by atoms with Crippen molar-refractivity contribution >= 4 is 5.91 Å². The van der Waals surface area contributed by atoms with Crippen molar-refractivity contribution in [2.75, 3.05) is 20.8 Å². The minimum absolute atomic E-state index is 0.0972. The molecule has 1 amide bonds. The number of methoxy groups -OCH3 is 2. The molecule has 0 saturated heterocycles. The molecule has 0 unspecified atom stereocenters. The smallest absolute Gasteiger partial charge is 0.258 e. The summed E-state index contributed by atoms with van der Waals surface area (Å²) in [6.07, 6.45) is 0. The maximum atomic E-state index is 12.1. The predicted molar refractivity (Wildman–Crippen MR) is 111 cm³/mol. The third-order valence-electron chi connectivity index (χ3n) is 4.47. The van der Waals surface area contributed by atoms with Crippen molar-refractivity contribution < 1.29 is 23.5 Å². The van der Waals surface area contributed by atoms with Crippen LogP contribution in [0.4, 0.5) is 0 Å². The van der Waals surface area contributed by atoms with Crippen LogP contribution in [0, 0.1) is 0 Å². The molecule has 3 aromatic rings. The molecule has 0 fully saturated rings. The largest absolute Gasteiger partial charge is 0.497 e. The third-order valence-corrected chi connectivity index (χ3v) is 4.47. The van der Waals surface area contributed by atoms with Gasteiger partial charge in [-0.1, -0.05) is 31.1 Å². The predicted octanol–water partition coefficient (Wildman–Crippen LogP) is 3.57. The Labute approximate surface area is 175 Å². The second-order valence-electron chi connectivity index (χ2n) is 6.87. The number of nitrogens with one attached hydrogen (secondary N) is 1. The molecular formula is C22H25N3O5. The number of hydrogen-bond donors (Lipinski definition) is 1. The normalized spacial score (nSPS) is 10.7. The Morgan fingerprint density at radius 2 is 1.80 bits per heavy atom. The van der Waals surface area contributed by atoms with Crippen molar-refractivity contribution in [3.63, 3.8) is 0 Å². The molecule has 8 nitrogen and oxygen atoms in total. The lowest BCUT2D eigenvalue weighted by Crippen LogP contribution is -2.28. The van der Waals surface area contributed by atoms with Crippen molar-refractivity contribution in [2.45, 2.75) is 26.3 Å². The molecule has 0 saturated carbocycles. The number of hydrogen-bond acceptors (Lipinski definition) is 7. The summed E-state index contributed by atoms with van der Waals surface area (Å²) in [5, 5.41) is 6.65. The van der Waals surface area contributed by atoms with E-state index in [9.17, 15) is 4.79 Å². The summed E-state index contributed by atoms with van der Waals surface area (Å²) >= 11 is 0. The van der Waals surface area contributed by atoms with Crippen LogP contribution >= 0.6 is 0 Å². The number of benzene rings is 2. The quantitative estimate of drug-likeness (QED) is 0.575. The van der Waals surface area contributed by atoms with Crippen molar-refractivity contribution in [1.29, 1.82) is 0 Å². The van der Waals surface area contributed by atoms with Crippen molar-refractivity contribution in [3.8, 4) is 28.6 Å². The molecule has 158 valence electrons. The molecule has 1 aromatic heterocycles. The van der Waals surface area contributed by atoms with Crippen LogP contribution in [0.15, 0.2) is 47.0 Å². The number of rotatable bonds is 9. The second-order valence-corrected chi connectivity index (χ2v) is 6.87. The summed E-state index contributed by atoms with van der Waals surface area (Å²) < 4.78 is 21.3. The topological polar surface area (TPSA) is 95.7 Å². The molecule has 0 atom stereocenters. The summed E-state index contributed by atoms with van der Waals surface area (Å²) in [5.74, 6) is 2.65. The molecule has 2 aromatic carbocycles. The van der Waals surface area contributed by atoms with E-state index in [0.29, 0.717) is 34.6 Å². The van der Waals surface area contributed by atoms with E-state index in [4.69, 9.17) is 18.7 Å². The van der Waals surface area contributed by atoms with Crippen molar-refractivity contribution in [2.24, 2.45) is 0 Å². The first kappa shape index (κ1) is 21.2. The molecule has 1 heterocycles. The molecule has 0 spiro atoms. The van der Waals surface area contributed by atoms with Crippen LogP contribution in [0.25, 0.3) is 11.4 Å². The van der Waals surface area contributed by atoms with Crippen LogP contribution in [-0.2, 0) is 11.3 Å². The summed E-state index contributed by atoms with van der Waals surface area (Å²) in [4.78, 5) is 16.4. The van der Waals surface area contributed by atoms with E-state index < -0.39 is 0 Å². The SMILES string of the molecule is COc1ccc(-c2noc(CNC(=O)COc3ccc(C(C)C)cc3)n2)c(OC)c1. The minimum atomic E-state index is -0.287. The van der Waals surface area contributed by atoms with E-state index in [1.807, 2.05) is 24.3 Å². The van der Waals surface area contributed by atoms with Crippen LogP contribution in [0.1, 0.15) is 31.2 Å². The van der Waals surface area contributed by atoms with Gasteiger partial charge in [-0.15, -0.1) is 0 Å². The fourth-order valence-electron chi connectivity index (χ4n) is 2.74. The molecular weight excluding hydrogens is 386 g/mol. The molecule has 0 aliphatic carbocycles. The van der Waals surface area contributed by atoms with Gasteiger partial charge in [0.1, 0.15) is 17.2 Å². The first-order chi connectivity index (χ1) is 14.5. The molecule has 0 radical (unpaired) electrons. The molecule has 1 N–H and O–H groups in total. The van der Waals surface area contributed by atoms with Crippen LogP contribution in [0.2, 0.25) is 0 Å². The zero-order valence-electron chi connectivity index (χ0n) is 17.5. The van der Waals surface area contributed by atoms with E-state index in [-0.39, 0.29) is 24.9 Å². The van der Waals surface area contributed by atoms with Gasteiger partial charge in [0.2, 0.25) is 11.7 Å². The lowest BCUT2D eigenvalue weighted by atomic mass is 10.0. The Balaban J connectivity index is 1.53. The number of aromatic nitrogens is 2. The van der Waals surface area contributed by atoms with E-state index >= 15 is 0 Å². The molecule has 8 heteroatoms. The summed E-state index contributed by atoms with van der Waals surface area (Å²) in [6, 6.07) is 13.0. The summed E-state index contributed by atoms with van der Waals surface area (Å²) in [7, 11) is 3.13. The van der Waals surface area contributed by atoms with Crippen molar-refractivity contribution in [3.05, 3.63) is 53.9 Å². The standard InChI is InChI=1S/C22H25N3O5/c1-14(2)15-5-7-16(8-6-15)29-13-20(26)23-12-21-24-22(25-30-21)18-10-9-17(27-3)11-19(18)28-4/h5-11,14H,12-13H2,1-4H3,(H,23,26). The maximum Gasteiger partial charge on any atom is 0.258 e. The molecule has 3 rings (SSSR count). The van der Waals surface area contributed by atoms with Crippen LogP contribution in [0.3, 0.4) is 0 Å². The summed E-state index contributed by atoms with van der Waals surface area (Å²) in [5.41, 5.74) is 1.88. The average Bonchev–Trinajstić information content (AvgIpc) is 3.24. The highest BCUT2D eigenvalue weighted by Crippen LogP contribution is 2.31. The van der Waals surface area contributed by atoms with E-state index in [1.165, 1.54) is 5.56 Å². The van der Waals surface area contributed by atoms with Gasteiger partial charge in [-0.2, -0.15) is 4.98 Å². The number of carbonyl (C=O) groups excluding carboxylic acids is 1. The van der Waals surface area contributed by atoms with Crippen LogP contribution in [-0.4, -0.2) is 36.9 Å². The van der Waals surface area contributed by atoms with Crippen molar-refractivity contribution in [1.82, 2.24) is 15.5 Å². The summed E-state index contributed by atoms with van der Waals surface area (Å²) in [6.45, 7) is 4.24. The second kappa shape index (κ2) is 9.78. The molecule has 0 bridgehead atoms. The highest BCUT2D eigenvalue weighted by molar-refractivity contribution is 5.77. The third kappa shape index (κ3) is 5.28. The Morgan fingerprint density at radius 1 is 1.07 bits per heavy atom. The highest BCUT2D eigenvalue weighted by atomic mass is 16.5. The Hall–Kier alpha value is -3.55. The number of carbonyl (C=O) groups is 1. The van der Waals surface area contributed by atoms with E-state index in [1.54, 1.807) is 32.4 Å². The Kier molecular flexibility index (Phi) is 6.90. The van der Waals surface area contributed by atoms with Gasteiger partial charge in [-0.3, -0.25) is 4.79 Å². The minimum Gasteiger partial charge on any atom is -0.497 e. The van der Waals surface area contributed by atoms with Gasteiger partial charge in [0.15, 0.2) is 6.61 Å². The van der Waals surface area contributed by atoms with Gasteiger partial charge in [-0.05, 0) is 35.7 Å². The van der Waals surface area contributed by atoms with Crippen LogP contribution in [0.5, 0.6) is 17.2 Å². The molecule has 0 aliphatic heterocycles. The van der Waals surface area contributed by atoms with Gasteiger partial charge < -0.3 is 24.1 Å². The first-order valence-corrected chi connectivity index (χ1v) is 9.54. The van der Waals surface area contributed by atoms with Gasteiger partial charge in [0.25, 0.3) is 5.91 Å². The molecule has 0 aliphatic rings. The van der Waals surface area contributed by atoms with Crippen LogP contribution < -0.4 is 19.5 Å². The lowest BCUT2D eigenvalue weighted by Gasteiger charge is -2.08. The van der Waals surface area contributed by atoms with Gasteiger partial charge in [0, 0.05) is 6.07 Å². The lowest BCUT2D eigenvalue weighted by molar-refractivity contribution is -0.123. The average molecular weight is 411 g/mol. The zero-order chi connectivity index (χ0) is 21.5. The monoisotopic (exact) mass is 411 g/mol. The van der Waals surface area contributed by atoms with Gasteiger partial charge >= 0.3 is 0 Å². The fraction of sp³-hybridized carbons (Fsp3) is 0.318. The maximum absolute atomic E-state index is 12.1. The van der Waals surface area contributed by atoms with E-state index in [0.717, 1.165) is 0 Å².